The van der Waals surface area contributed by atoms with Crippen LogP contribution in [-0.2, 0) is 15.6 Å². The Balaban J connectivity index is 2.83. The van der Waals surface area contributed by atoms with Gasteiger partial charge >= 0.3 is 6.03 Å². The van der Waals surface area contributed by atoms with Crippen molar-refractivity contribution in [2.24, 2.45) is 5.73 Å². The van der Waals surface area contributed by atoms with Gasteiger partial charge in [0.05, 0.1) is 22.8 Å². The quantitative estimate of drug-likeness (QED) is 0.641. The van der Waals surface area contributed by atoms with Crippen molar-refractivity contribution in [1.82, 2.24) is 5.32 Å². The van der Waals surface area contributed by atoms with Crippen LogP contribution in [0.1, 0.15) is 0 Å². The maximum atomic E-state index is 11.9. The minimum Gasteiger partial charge on any atom is -0.497 e. The molecule has 0 aliphatic rings. The second-order valence-corrected chi connectivity index (χ2v) is 4.73. The lowest BCUT2D eigenvalue weighted by molar-refractivity contribution is -0.117. The molecular formula is C10H13N3O4S. The molecule has 0 saturated heterocycles. The van der Waals surface area contributed by atoms with E-state index < -0.39 is 28.5 Å². The van der Waals surface area contributed by atoms with Gasteiger partial charge in [-0.1, -0.05) is 0 Å². The summed E-state index contributed by atoms with van der Waals surface area (Å²) in [7, 11) is -0.222. The molecule has 0 spiro atoms. The molecule has 0 bridgehead atoms. The third-order valence-electron chi connectivity index (χ3n) is 1.99. The second-order valence-electron chi connectivity index (χ2n) is 3.31. The van der Waals surface area contributed by atoms with Gasteiger partial charge in [0.1, 0.15) is 11.5 Å². The minimum atomic E-state index is -1.68. The number of amides is 3. The summed E-state index contributed by atoms with van der Waals surface area (Å²) in [5.41, 5.74) is 10.7. The van der Waals surface area contributed by atoms with E-state index in [4.69, 9.17) is 16.2 Å². The molecule has 0 aliphatic carbocycles. The van der Waals surface area contributed by atoms with Crippen molar-refractivity contribution in [2.45, 2.75) is 4.90 Å². The Bertz CT molecular complexity index is 504. The first kappa shape index (κ1) is 14.0. The molecule has 7 nitrogen and oxygen atoms in total. The number of urea groups is 1. The van der Waals surface area contributed by atoms with Gasteiger partial charge in [-0.15, -0.1) is 0 Å². The van der Waals surface area contributed by atoms with Crippen molar-refractivity contribution >= 4 is 28.4 Å². The SMILES string of the molecule is COc1ccc(N)c(S(=O)CC(=O)NC(N)=O)c1. The van der Waals surface area contributed by atoms with Crippen LogP contribution in [0.25, 0.3) is 0 Å². The fraction of sp³-hybridized carbons (Fsp3) is 0.200. The number of anilines is 1. The summed E-state index contributed by atoms with van der Waals surface area (Å²) in [6.45, 7) is 0. The Morgan fingerprint density at radius 1 is 1.44 bits per heavy atom. The van der Waals surface area contributed by atoms with Crippen LogP contribution in [0, 0.1) is 0 Å². The molecule has 0 aromatic heterocycles. The summed E-state index contributed by atoms with van der Waals surface area (Å²) in [5.74, 6) is -0.661. The summed E-state index contributed by atoms with van der Waals surface area (Å²) < 4.78 is 16.9. The number of nitrogens with two attached hydrogens (primary N) is 2. The second kappa shape index (κ2) is 6.01. The predicted molar refractivity (Wildman–Crippen MR) is 66.4 cm³/mol. The molecule has 98 valence electrons. The van der Waals surface area contributed by atoms with Crippen LogP contribution >= 0.6 is 0 Å². The number of benzene rings is 1. The molecule has 18 heavy (non-hydrogen) atoms. The molecule has 0 heterocycles. The average molecular weight is 271 g/mol. The van der Waals surface area contributed by atoms with Gasteiger partial charge in [0.25, 0.3) is 0 Å². The number of nitrogen functional groups attached to an aromatic ring is 1. The number of rotatable bonds is 4. The normalized spacial score (nSPS) is 11.6. The highest BCUT2D eigenvalue weighted by atomic mass is 32.2. The summed E-state index contributed by atoms with van der Waals surface area (Å²) in [5, 5.41) is 1.83. The van der Waals surface area contributed by atoms with Crippen LogP contribution in [0.2, 0.25) is 0 Å². The molecule has 1 aromatic rings. The minimum absolute atomic E-state index is 0.272. The fourth-order valence-corrected chi connectivity index (χ4v) is 2.25. The Hall–Kier alpha value is -2.09. The van der Waals surface area contributed by atoms with E-state index in [9.17, 15) is 13.8 Å². The van der Waals surface area contributed by atoms with Crippen LogP contribution in [0.4, 0.5) is 10.5 Å². The molecule has 0 saturated carbocycles. The average Bonchev–Trinajstić information content (AvgIpc) is 2.28. The molecule has 5 N–H and O–H groups in total. The molecule has 8 heteroatoms. The van der Waals surface area contributed by atoms with E-state index in [-0.39, 0.29) is 10.6 Å². The zero-order valence-electron chi connectivity index (χ0n) is 9.64. The number of ether oxygens (including phenoxy) is 1. The third kappa shape index (κ3) is 3.74. The van der Waals surface area contributed by atoms with E-state index in [1.54, 1.807) is 6.07 Å². The highest BCUT2D eigenvalue weighted by molar-refractivity contribution is 7.86. The number of hydrogen-bond donors (Lipinski definition) is 3. The number of carbonyl (C=O) groups excluding carboxylic acids is 2. The first-order chi connectivity index (χ1) is 8.43. The van der Waals surface area contributed by atoms with Gasteiger partial charge in [-0.2, -0.15) is 0 Å². The Kier molecular flexibility index (Phi) is 4.67. The Labute approximate surface area is 106 Å². The van der Waals surface area contributed by atoms with Gasteiger partial charge in [0, 0.05) is 5.69 Å². The van der Waals surface area contributed by atoms with Gasteiger partial charge in [-0.25, -0.2) is 4.79 Å². The Morgan fingerprint density at radius 2 is 2.11 bits per heavy atom. The smallest absolute Gasteiger partial charge is 0.318 e. The van der Waals surface area contributed by atoms with E-state index in [1.807, 2.05) is 5.32 Å². The number of nitrogens with one attached hydrogen (secondary N) is 1. The first-order valence-corrected chi connectivity index (χ1v) is 6.17. The lowest BCUT2D eigenvalue weighted by Crippen LogP contribution is -2.37. The van der Waals surface area contributed by atoms with Crippen molar-refractivity contribution < 1.29 is 18.5 Å². The van der Waals surface area contributed by atoms with Gasteiger partial charge in [0.15, 0.2) is 0 Å². The highest BCUT2D eigenvalue weighted by Crippen LogP contribution is 2.22. The standard InChI is InChI=1S/C10H13N3O4S/c1-17-6-2-3-7(11)8(4-6)18(16)5-9(14)13-10(12)15/h2-4H,5,11H2,1H3,(H3,12,13,14,15). The largest absolute Gasteiger partial charge is 0.497 e. The van der Waals surface area contributed by atoms with Crippen LogP contribution in [0.5, 0.6) is 5.75 Å². The zero-order chi connectivity index (χ0) is 13.7. The molecule has 3 amide bonds. The van der Waals surface area contributed by atoms with Crippen molar-refractivity contribution in [3.05, 3.63) is 18.2 Å². The van der Waals surface area contributed by atoms with Crippen LogP contribution < -0.4 is 21.5 Å². The van der Waals surface area contributed by atoms with Crippen LogP contribution in [0.3, 0.4) is 0 Å². The molecule has 0 fully saturated rings. The van der Waals surface area contributed by atoms with Crippen molar-refractivity contribution in [1.29, 1.82) is 0 Å². The number of carbonyl (C=O) groups is 2. The lowest BCUT2D eigenvalue weighted by Gasteiger charge is -2.07. The maximum Gasteiger partial charge on any atom is 0.318 e. The predicted octanol–water partition coefficient (Wildman–Crippen LogP) is -0.420. The molecule has 1 atom stereocenters. The zero-order valence-corrected chi connectivity index (χ0v) is 10.5. The Morgan fingerprint density at radius 3 is 2.67 bits per heavy atom. The van der Waals surface area contributed by atoms with Crippen molar-refractivity contribution in [3.63, 3.8) is 0 Å². The summed E-state index contributed by atoms with van der Waals surface area (Å²) in [6, 6.07) is 3.62. The van der Waals surface area contributed by atoms with Crippen molar-refractivity contribution in [2.75, 3.05) is 18.6 Å². The van der Waals surface area contributed by atoms with Crippen LogP contribution in [0.15, 0.2) is 23.1 Å². The van der Waals surface area contributed by atoms with Crippen LogP contribution in [-0.4, -0.2) is 29.0 Å². The summed E-state index contributed by atoms with van der Waals surface area (Å²) >= 11 is 0. The van der Waals surface area contributed by atoms with E-state index >= 15 is 0 Å². The number of primary amides is 1. The van der Waals surface area contributed by atoms with E-state index in [1.165, 1.54) is 19.2 Å². The van der Waals surface area contributed by atoms with Gasteiger partial charge in [-0.05, 0) is 18.2 Å². The summed E-state index contributed by atoms with van der Waals surface area (Å²) in [6.07, 6.45) is 0. The van der Waals surface area contributed by atoms with Gasteiger partial charge in [-0.3, -0.25) is 14.3 Å². The number of methoxy groups -OCH3 is 1. The van der Waals surface area contributed by atoms with Gasteiger partial charge in [0.2, 0.25) is 5.91 Å². The summed E-state index contributed by atoms with van der Waals surface area (Å²) in [4.78, 5) is 21.9. The molecule has 1 unspecified atom stereocenters. The number of hydrogen-bond acceptors (Lipinski definition) is 5. The fourth-order valence-electron chi connectivity index (χ4n) is 1.21. The first-order valence-electron chi connectivity index (χ1n) is 4.85. The van der Waals surface area contributed by atoms with E-state index in [0.717, 1.165) is 0 Å². The molecule has 0 aliphatic heterocycles. The number of imide groups is 1. The molecular weight excluding hydrogens is 258 g/mol. The van der Waals surface area contributed by atoms with Gasteiger partial charge < -0.3 is 16.2 Å². The van der Waals surface area contributed by atoms with E-state index in [2.05, 4.69) is 0 Å². The lowest BCUT2D eigenvalue weighted by atomic mass is 10.3. The third-order valence-corrected chi connectivity index (χ3v) is 3.36. The monoisotopic (exact) mass is 271 g/mol. The molecule has 1 rings (SSSR count). The molecule has 0 radical (unpaired) electrons. The highest BCUT2D eigenvalue weighted by Gasteiger charge is 2.14. The maximum absolute atomic E-state index is 11.9. The van der Waals surface area contributed by atoms with Crippen molar-refractivity contribution in [3.8, 4) is 5.75 Å². The topological polar surface area (TPSA) is 125 Å². The molecule has 1 aromatic carbocycles. The van der Waals surface area contributed by atoms with E-state index in [0.29, 0.717) is 5.75 Å².